The van der Waals surface area contributed by atoms with Crippen molar-refractivity contribution in [2.75, 3.05) is 13.2 Å². The summed E-state index contributed by atoms with van der Waals surface area (Å²) in [5.74, 6) is 0.423. The lowest BCUT2D eigenvalue weighted by molar-refractivity contribution is 0.201. The molecule has 1 N–H and O–H groups in total. The van der Waals surface area contributed by atoms with Crippen LogP contribution in [0.3, 0.4) is 0 Å². The maximum absolute atomic E-state index is 12.0. The van der Waals surface area contributed by atoms with Crippen molar-refractivity contribution in [2.24, 2.45) is 0 Å². The van der Waals surface area contributed by atoms with Crippen molar-refractivity contribution < 1.29 is 14.3 Å². The van der Waals surface area contributed by atoms with Crippen molar-refractivity contribution in [1.82, 2.24) is 0 Å². The zero-order chi connectivity index (χ0) is 14.1. The smallest absolute Gasteiger partial charge is 0.339 e. The maximum Gasteiger partial charge on any atom is 0.339 e. The van der Waals surface area contributed by atoms with E-state index in [1.165, 1.54) is 0 Å². The zero-order valence-electron chi connectivity index (χ0n) is 10.9. The van der Waals surface area contributed by atoms with Gasteiger partial charge in [0.1, 0.15) is 17.9 Å². The fraction of sp³-hybridized carbons (Fsp3) is 0.400. The predicted octanol–water partition coefficient (Wildman–Crippen LogP) is 2.70. The molecule has 4 nitrogen and oxygen atoms in total. The summed E-state index contributed by atoms with van der Waals surface area (Å²) in [5.41, 5.74) is 2.07. The summed E-state index contributed by atoms with van der Waals surface area (Å²) < 4.78 is 10.7. The first-order valence-electron chi connectivity index (χ1n) is 6.72. The van der Waals surface area contributed by atoms with Crippen LogP contribution in [-0.2, 0) is 12.8 Å². The van der Waals surface area contributed by atoms with Crippen LogP contribution in [0.4, 0.5) is 0 Å². The molecule has 0 amide bonds. The number of rotatable bonds is 3. The molecule has 0 radical (unpaired) electrons. The third-order valence-corrected chi connectivity index (χ3v) is 3.92. The quantitative estimate of drug-likeness (QED) is 0.884. The van der Waals surface area contributed by atoms with Gasteiger partial charge in [-0.05, 0) is 37.3 Å². The summed E-state index contributed by atoms with van der Waals surface area (Å²) in [6, 6.07) is 3.42. The van der Waals surface area contributed by atoms with Gasteiger partial charge in [-0.2, -0.15) is 0 Å². The van der Waals surface area contributed by atoms with Gasteiger partial charge in [0.05, 0.1) is 11.6 Å². The molecule has 0 saturated heterocycles. The van der Waals surface area contributed by atoms with E-state index in [9.17, 15) is 4.79 Å². The van der Waals surface area contributed by atoms with Crippen LogP contribution in [0.2, 0.25) is 5.02 Å². The number of ether oxygens (including phenoxy) is 1. The molecule has 0 bridgehead atoms. The highest BCUT2D eigenvalue weighted by atomic mass is 35.5. The minimum absolute atomic E-state index is 0.0947. The second kappa shape index (κ2) is 5.46. The Kier molecular flexibility index (Phi) is 3.68. The number of aliphatic hydroxyl groups is 1. The van der Waals surface area contributed by atoms with Crippen LogP contribution in [0, 0.1) is 0 Å². The number of aliphatic hydroxyl groups excluding tert-OH is 1. The van der Waals surface area contributed by atoms with E-state index in [0.29, 0.717) is 16.4 Å². The predicted molar refractivity (Wildman–Crippen MR) is 76.7 cm³/mol. The van der Waals surface area contributed by atoms with Crippen LogP contribution in [0.5, 0.6) is 5.75 Å². The second-order valence-electron chi connectivity index (χ2n) is 4.90. The van der Waals surface area contributed by atoms with Crippen LogP contribution >= 0.6 is 11.6 Å². The van der Waals surface area contributed by atoms with E-state index in [4.69, 9.17) is 25.9 Å². The Morgan fingerprint density at radius 2 is 2.00 bits per heavy atom. The Labute approximate surface area is 120 Å². The van der Waals surface area contributed by atoms with Gasteiger partial charge in [-0.1, -0.05) is 11.6 Å². The molecule has 3 rings (SSSR count). The first-order chi connectivity index (χ1) is 9.70. The maximum atomic E-state index is 12.0. The van der Waals surface area contributed by atoms with Crippen molar-refractivity contribution >= 4 is 22.6 Å². The summed E-state index contributed by atoms with van der Waals surface area (Å²) in [4.78, 5) is 12.0. The molecule has 5 heteroatoms. The molecule has 0 saturated carbocycles. The van der Waals surface area contributed by atoms with Gasteiger partial charge >= 0.3 is 5.63 Å². The number of halogens is 1. The van der Waals surface area contributed by atoms with Crippen LogP contribution < -0.4 is 10.4 Å². The second-order valence-corrected chi connectivity index (χ2v) is 5.31. The Morgan fingerprint density at radius 1 is 1.25 bits per heavy atom. The Hall–Kier alpha value is -1.52. The minimum Gasteiger partial charge on any atom is -0.489 e. The highest BCUT2D eigenvalue weighted by molar-refractivity contribution is 6.32. The molecule has 0 unspecified atom stereocenters. The Bertz CT molecular complexity index is 705. The van der Waals surface area contributed by atoms with E-state index < -0.39 is 0 Å². The molecule has 0 aliphatic heterocycles. The lowest BCUT2D eigenvalue weighted by atomic mass is 9.91. The van der Waals surface area contributed by atoms with Crippen molar-refractivity contribution in [1.29, 1.82) is 0 Å². The largest absolute Gasteiger partial charge is 0.489 e. The van der Waals surface area contributed by atoms with Gasteiger partial charge in [0.15, 0.2) is 0 Å². The van der Waals surface area contributed by atoms with Gasteiger partial charge in [-0.3, -0.25) is 0 Å². The average molecular weight is 295 g/mol. The van der Waals surface area contributed by atoms with E-state index in [1.807, 2.05) is 0 Å². The summed E-state index contributed by atoms with van der Waals surface area (Å²) in [7, 11) is 0. The van der Waals surface area contributed by atoms with Gasteiger partial charge in [0, 0.05) is 17.0 Å². The van der Waals surface area contributed by atoms with Gasteiger partial charge in [-0.15, -0.1) is 0 Å². The van der Waals surface area contributed by atoms with E-state index in [2.05, 4.69) is 0 Å². The van der Waals surface area contributed by atoms with Crippen LogP contribution in [0.15, 0.2) is 21.3 Å². The summed E-state index contributed by atoms with van der Waals surface area (Å²) in [6.07, 6.45) is 3.75. The van der Waals surface area contributed by atoms with E-state index >= 15 is 0 Å². The topological polar surface area (TPSA) is 59.7 Å². The van der Waals surface area contributed by atoms with E-state index in [1.54, 1.807) is 12.1 Å². The van der Waals surface area contributed by atoms with Gasteiger partial charge in [0.25, 0.3) is 0 Å². The fourth-order valence-corrected chi connectivity index (χ4v) is 2.93. The molecule has 0 fully saturated rings. The molecule has 1 aliphatic carbocycles. The third-order valence-electron chi connectivity index (χ3n) is 3.62. The van der Waals surface area contributed by atoms with Crippen LogP contribution in [-0.4, -0.2) is 18.3 Å². The standard InChI is InChI=1S/C15H15ClO4/c16-12-7-11-9-3-1-2-4-10(9)15(18)20-13(11)8-14(12)19-6-5-17/h7-8,17H,1-6H2. The fourth-order valence-electron chi connectivity index (χ4n) is 2.71. The van der Waals surface area contributed by atoms with Gasteiger partial charge in [-0.25, -0.2) is 4.79 Å². The van der Waals surface area contributed by atoms with Crippen LogP contribution in [0.1, 0.15) is 24.0 Å². The minimum atomic E-state index is -0.261. The SMILES string of the molecule is O=c1oc2cc(OCCO)c(Cl)cc2c2c1CCCC2. The van der Waals surface area contributed by atoms with Gasteiger partial charge < -0.3 is 14.3 Å². The normalized spacial score (nSPS) is 14.3. The number of benzene rings is 1. The molecule has 1 aliphatic rings. The summed E-state index contributed by atoms with van der Waals surface area (Å²) >= 11 is 6.19. The van der Waals surface area contributed by atoms with Crippen LogP contribution in [0.25, 0.3) is 11.0 Å². The number of aryl methyl sites for hydroxylation is 1. The number of fused-ring (bicyclic) bond motifs is 3. The molecular formula is C15H15ClO4. The lowest BCUT2D eigenvalue weighted by Crippen LogP contribution is -2.15. The summed E-state index contributed by atoms with van der Waals surface area (Å²) in [5, 5.41) is 10.1. The highest BCUT2D eigenvalue weighted by Gasteiger charge is 2.19. The number of hydrogen-bond donors (Lipinski definition) is 1. The molecule has 0 spiro atoms. The zero-order valence-corrected chi connectivity index (χ0v) is 11.7. The third kappa shape index (κ3) is 2.30. The van der Waals surface area contributed by atoms with E-state index in [-0.39, 0.29) is 18.8 Å². The molecular weight excluding hydrogens is 280 g/mol. The first kappa shape index (κ1) is 13.5. The number of hydrogen-bond acceptors (Lipinski definition) is 4. The summed E-state index contributed by atoms with van der Waals surface area (Å²) in [6.45, 7) is 0.0584. The lowest BCUT2D eigenvalue weighted by Gasteiger charge is -2.17. The Morgan fingerprint density at radius 3 is 2.75 bits per heavy atom. The van der Waals surface area contributed by atoms with E-state index in [0.717, 1.165) is 42.2 Å². The Balaban J connectivity index is 2.19. The van der Waals surface area contributed by atoms with Crippen molar-refractivity contribution in [3.05, 3.63) is 38.7 Å². The molecule has 0 atom stereocenters. The van der Waals surface area contributed by atoms with Crippen molar-refractivity contribution in [3.8, 4) is 5.75 Å². The molecule has 1 aromatic heterocycles. The van der Waals surface area contributed by atoms with Crippen molar-refractivity contribution in [3.63, 3.8) is 0 Å². The van der Waals surface area contributed by atoms with Gasteiger partial charge in [0.2, 0.25) is 0 Å². The molecule has 2 aromatic rings. The molecule has 1 aromatic carbocycles. The monoisotopic (exact) mass is 294 g/mol. The average Bonchev–Trinajstić information content (AvgIpc) is 2.46. The van der Waals surface area contributed by atoms with Crippen molar-refractivity contribution in [2.45, 2.75) is 25.7 Å². The molecule has 1 heterocycles. The molecule has 20 heavy (non-hydrogen) atoms. The first-order valence-corrected chi connectivity index (χ1v) is 7.10. The molecule has 106 valence electrons. The highest BCUT2D eigenvalue weighted by Crippen LogP contribution is 2.34.